The first-order chi connectivity index (χ1) is 12.3. The summed E-state index contributed by atoms with van der Waals surface area (Å²) in [5.74, 6) is 0. The van der Waals surface area contributed by atoms with Crippen LogP contribution in [0.25, 0.3) is 0 Å². The first-order valence-electron chi connectivity index (χ1n) is 10.6. The molecule has 0 amide bonds. The molecule has 1 aromatic carbocycles. The standard InChI is InChI=1S/C22H34N2O.2ClH/c25-16-15-24-13-11-23(12-14-24)10-2-1-7-22-20-8-3-5-18(20)17-19-6-4-9-21(19)22;;/h17,25H,1-16H2;2*1H. The van der Waals surface area contributed by atoms with Gasteiger partial charge in [0.2, 0.25) is 0 Å². The van der Waals surface area contributed by atoms with Crippen LogP contribution in [0, 0.1) is 0 Å². The number of nitrogens with zero attached hydrogens (tertiary/aromatic N) is 2. The quantitative estimate of drug-likeness (QED) is 0.692. The third-order valence-corrected chi connectivity index (χ3v) is 6.63. The van der Waals surface area contributed by atoms with E-state index in [-0.39, 0.29) is 24.8 Å². The van der Waals surface area contributed by atoms with Crippen molar-refractivity contribution in [3.8, 4) is 0 Å². The van der Waals surface area contributed by atoms with Crippen molar-refractivity contribution >= 4 is 24.8 Å². The van der Waals surface area contributed by atoms with E-state index in [0.717, 1.165) is 19.6 Å². The summed E-state index contributed by atoms with van der Waals surface area (Å²) in [5.41, 5.74) is 8.65. The molecular formula is C22H36Cl2N2O. The van der Waals surface area contributed by atoms with Crippen LogP contribution in [0.1, 0.15) is 53.5 Å². The molecule has 2 aliphatic carbocycles. The lowest BCUT2D eigenvalue weighted by Crippen LogP contribution is -2.47. The molecular weight excluding hydrogens is 379 g/mol. The van der Waals surface area contributed by atoms with Gasteiger partial charge in [-0.15, -0.1) is 24.8 Å². The Balaban J connectivity index is 0.00000131. The number of β-amino-alcohol motifs (C(OH)–C–C–N with tert-alkyl or cyclic N) is 1. The zero-order valence-corrected chi connectivity index (χ0v) is 18.2. The minimum absolute atomic E-state index is 0. The molecule has 0 saturated carbocycles. The molecule has 0 aromatic heterocycles. The molecule has 154 valence electrons. The molecule has 3 nitrogen and oxygen atoms in total. The maximum absolute atomic E-state index is 9.04. The average Bonchev–Trinajstić information content (AvgIpc) is 3.28. The number of fused-ring (bicyclic) bond motifs is 2. The molecule has 1 aromatic rings. The Labute approximate surface area is 177 Å². The monoisotopic (exact) mass is 414 g/mol. The number of halogens is 2. The third-order valence-electron chi connectivity index (χ3n) is 6.63. The number of unbranched alkanes of at least 4 members (excludes halogenated alkanes) is 1. The normalized spacial score (nSPS) is 19.3. The lowest BCUT2D eigenvalue weighted by atomic mass is 9.91. The van der Waals surface area contributed by atoms with Crippen molar-refractivity contribution < 1.29 is 5.11 Å². The fraction of sp³-hybridized carbons (Fsp3) is 0.727. The predicted octanol–water partition coefficient (Wildman–Crippen LogP) is 3.44. The fourth-order valence-corrected chi connectivity index (χ4v) is 5.25. The molecule has 1 heterocycles. The van der Waals surface area contributed by atoms with Crippen molar-refractivity contribution in [2.75, 3.05) is 45.9 Å². The van der Waals surface area contributed by atoms with E-state index in [2.05, 4.69) is 15.9 Å². The van der Waals surface area contributed by atoms with Crippen molar-refractivity contribution in [1.29, 1.82) is 0 Å². The maximum atomic E-state index is 9.04. The molecule has 5 heteroatoms. The van der Waals surface area contributed by atoms with Gasteiger partial charge in [0.05, 0.1) is 6.61 Å². The topological polar surface area (TPSA) is 26.7 Å². The van der Waals surface area contributed by atoms with Gasteiger partial charge in [0, 0.05) is 32.7 Å². The highest BCUT2D eigenvalue weighted by molar-refractivity contribution is 5.85. The van der Waals surface area contributed by atoms with Crippen molar-refractivity contribution in [3.63, 3.8) is 0 Å². The number of rotatable bonds is 7. The second kappa shape index (κ2) is 11.0. The zero-order chi connectivity index (χ0) is 17.1. The minimum Gasteiger partial charge on any atom is -0.395 e. The summed E-state index contributed by atoms with van der Waals surface area (Å²) in [7, 11) is 0. The Kier molecular flexibility index (Phi) is 9.37. The highest BCUT2D eigenvalue weighted by Crippen LogP contribution is 2.35. The molecule has 1 fully saturated rings. The van der Waals surface area contributed by atoms with Crippen molar-refractivity contribution in [3.05, 3.63) is 33.9 Å². The van der Waals surface area contributed by atoms with Gasteiger partial charge in [-0.3, -0.25) is 4.90 Å². The molecule has 1 N–H and O–H groups in total. The largest absolute Gasteiger partial charge is 0.395 e. The molecule has 1 aliphatic heterocycles. The van der Waals surface area contributed by atoms with Crippen molar-refractivity contribution in [2.45, 2.75) is 57.8 Å². The number of piperazine rings is 1. The Morgan fingerprint density at radius 2 is 1.30 bits per heavy atom. The van der Waals surface area contributed by atoms with Crippen LogP contribution < -0.4 is 0 Å². The Bertz CT molecular complexity index is 568. The average molecular weight is 415 g/mol. The molecule has 4 rings (SSSR count). The van der Waals surface area contributed by atoms with Gasteiger partial charge in [0.1, 0.15) is 0 Å². The molecule has 1 saturated heterocycles. The van der Waals surface area contributed by atoms with Crippen LogP contribution in [-0.2, 0) is 32.1 Å². The number of aliphatic hydroxyl groups excluding tert-OH is 1. The van der Waals surface area contributed by atoms with E-state index >= 15 is 0 Å². The third kappa shape index (κ3) is 5.39. The summed E-state index contributed by atoms with van der Waals surface area (Å²) in [6.07, 6.45) is 12.1. The van der Waals surface area contributed by atoms with E-state index in [1.165, 1.54) is 77.4 Å². The summed E-state index contributed by atoms with van der Waals surface area (Å²) in [4.78, 5) is 5.00. The van der Waals surface area contributed by atoms with Crippen LogP contribution in [0.4, 0.5) is 0 Å². The molecule has 0 spiro atoms. The van der Waals surface area contributed by atoms with Gasteiger partial charge in [0.25, 0.3) is 0 Å². The highest BCUT2D eigenvalue weighted by atomic mass is 35.5. The Hall–Kier alpha value is -0.320. The summed E-state index contributed by atoms with van der Waals surface area (Å²) in [6.45, 7) is 7.00. The van der Waals surface area contributed by atoms with Gasteiger partial charge in [-0.1, -0.05) is 6.07 Å². The van der Waals surface area contributed by atoms with Gasteiger partial charge in [-0.25, -0.2) is 0 Å². The molecule has 3 aliphatic rings. The second-order valence-electron chi connectivity index (χ2n) is 8.20. The number of hydrogen-bond donors (Lipinski definition) is 1. The van der Waals surface area contributed by atoms with E-state index in [4.69, 9.17) is 5.11 Å². The second-order valence-corrected chi connectivity index (χ2v) is 8.20. The summed E-state index contributed by atoms with van der Waals surface area (Å²) in [5, 5.41) is 9.04. The molecule has 0 atom stereocenters. The maximum Gasteiger partial charge on any atom is 0.0558 e. The summed E-state index contributed by atoms with van der Waals surface area (Å²) >= 11 is 0. The fourth-order valence-electron chi connectivity index (χ4n) is 5.25. The van der Waals surface area contributed by atoms with E-state index in [9.17, 15) is 0 Å². The van der Waals surface area contributed by atoms with Crippen molar-refractivity contribution in [1.82, 2.24) is 9.80 Å². The smallest absolute Gasteiger partial charge is 0.0558 e. The molecule has 0 unspecified atom stereocenters. The van der Waals surface area contributed by atoms with Crippen LogP contribution in [0.3, 0.4) is 0 Å². The van der Waals surface area contributed by atoms with Crippen LogP contribution in [-0.4, -0.2) is 60.8 Å². The zero-order valence-electron chi connectivity index (χ0n) is 16.5. The highest BCUT2D eigenvalue weighted by Gasteiger charge is 2.23. The SMILES string of the molecule is Cl.Cl.OCCN1CCN(CCCCc2c3c(cc4c2CCC4)CCC3)CC1. The molecule has 0 radical (unpaired) electrons. The van der Waals surface area contributed by atoms with Gasteiger partial charge >= 0.3 is 0 Å². The first-order valence-corrected chi connectivity index (χ1v) is 10.6. The number of hydrogen-bond acceptors (Lipinski definition) is 3. The number of aliphatic hydroxyl groups is 1. The Morgan fingerprint density at radius 1 is 0.741 bits per heavy atom. The predicted molar refractivity (Wildman–Crippen MR) is 118 cm³/mol. The van der Waals surface area contributed by atoms with Gasteiger partial charge in [0.15, 0.2) is 0 Å². The van der Waals surface area contributed by atoms with Gasteiger partial charge in [-0.2, -0.15) is 0 Å². The van der Waals surface area contributed by atoms with Gasteiger partial charge < -0.3 is 10.0 Å². The first kappa shape index (κ1) is 23.0. The molecule has 27 heavy (non-hydrogen) atoms. The number of aryl methyl sites for hydroxylation is 2. The van der Waals surface area contributed by atoms with E-state index in [1.807, 2.05) is 0 Å². The van der Waals surface area contributed by atoms with Crippen LogP contribution in [0.2, 0.25) is 0 Å². The number of benzene rings is 1. The molecule has 0 bridgehead atoms. The summed E-state index contributed by atoms with van der Waals surface area (Å²) in [6, 6.07) is 2.56. The van der Waals surface area contributed by atoms with Gasteiger partial charge in [-0.05, 0) is 92.1 Å². The lowest BCUT2D eigenvalue weighted by Gasteiger charge is -2.34. The van der Waals surface area contributed by atoms with Crippen LogP contribution in [0.5, 0.6) is 0 Å². The minimum atomic E-state index is 0. The van der Waals surface area contributed by atoms with Crippen LogP contribution in [0.15, 0.2) is 6.07 Å². The Morgan fingerprint density at radius 3 is 1.85 bits per heavy atom. The van der Waals surface area contributed by atoms with Crippen LogP contribution >= 0.6 is 24.8 Å². The summed E-state index contributed by atoms with van der Waals surface area (Å²) < 4.78 is 0. The van der Waals surface area contributed by atoms with Crippen molar-refractivity contribution in [2.24, 2.45) is 0 Å². The lowest BCUT2D eigenvalue weighted by molar-refractivity contribution is 0.111. The van der Waals surface area contributed by atoms with E-state index in [0.29, 0.717) is 6.61 Å². The van der Waals surface area contributed by atoms with E-state index < -0.39 is 0 Å². The van der Waals surface area contributed by atoms with E-state index in [1.54, 1.807) is 27.8 Å².